The Morgan fingerprint density at radius 2 is 2.17 bits per heavy atom. The Bertz CT molecular complexity index is 286. The molecule has 0 bridgehead atoms. The van der Waals surface area contributed by atoms with Gasteiger partial charge in [0.05, 0.1) is 0 Å². The number of rotatable bonds is 2. The molecule has 0 amide bonds. The molecule has 0 spiro atoms. The molecule has 2 nitrogen and oxygen atoms in total. The van der Waals surface area contributed by atoms with Gasteiger partial charge < -0.3 is 10.4 Å². The number of benzene rings is 1. The summed E-state index contributed by atoms with van der Waals surface area (Å²) in [6.45, 7) is 2.64. The van der Waals surface area contributed by atoms with Crippen LogP contribution in [0.3, 0.4) is 0 Å². The van der Waals surface area contributed by atoms with Gasteiger partial charge in [-0.05, 0) is 31.7 Å². The molecular weight excluding hydrogens is 218 g/mol. The van der Waals surface area contributed by atoms with E-state index >= 15 is 0 Å². The average Bonchev–Trinajstić information content (AvgIpc) is 2.01. The third kappa shape index (κ3) is 1.99. The zero-order chi connectivity index (χ0) is 9.14. The van der Waals surface area contributed by atoms with E-state index in [2.05, 4.69) is 21.2 Å². The fourth-order valence-corrected chi connectivity index (χ4v) is 1.43. The molecule has 0 saturated heterocycles. The summed E-state index contributed by atoms with van der Waals surface area (Å²) in [6, 6.07) is 3.69. The number of nitrogens with one attached hydrogen (secondary N) is 1. The van der Waals surface area contributed by atoms with Crippen LogP contribution in [-0.2, 0) is 6.54 Å². The summed E-state index contributed by atoms with van der Waals surface area (Å²) >= 11 is 3.41. The Labute approximate surface area is 80.7 Å². The molecule has 2 N–H and O–H groups in total. The minimum Gasteiger partial charge on any atom is -0.508 e. The minimum atomic E-state index is 0.352. The Morgan fingerprint density at radius 3 is 2.75 bits per heavy atom. The lowest BCUT2D eigenvalue weighted by Crippen LogP contribution is -2.05. The van der Waals surface area contributed by atoms with Crippen molar-refractivity contribution in [3.05, 3.63) is 27.7 Å². The van der Waals surface area contributed by atoms with Gasteiger partial charge in [0.1, 0.15) is 5.75 Å². The quantitative estimate of drug-likeness (QED) is 0.816. The summed E-state index contributed by atoms with van der Waals surface area (Å²) < 4.78 is 1.03. The Balaban J connectivity index is 3.05. The molecule has 0 aliphatic carbocycles. The Hall–Kier alpha value is -0.540. The van der Waals surface area contributed by atoms with E-state index in [-0.39, 0.29) is 0 Å². The average molecular weight is 230 g/mol. The van der Waals surface area contributed by atoms with Crippen LogP contribution in [0, 0.1) is 6.92 Å². The molecular formula is C9H12BrNO. The van der Waals surface area contributed by atoms with Gasteiger partial charge in [-0.1, -0.05) is 15.9 Å². The van der Waals surface area contributed by atoms with Crippen molar-refractivity contribution >= 4 is 15.9 Å². The predicted octanol–water partition coefficient (Wildman–Crippen LogP) is 2.18. The normalized spacial score (nSPS) is 10.2. The highest BCUT2D eigenvalue weighted by molar-refractivity contribution is 9.10. The van der Waals surface area contributed by atoms with Crippen LogP contribution in [0.4, 0.5) is 0 Å². The lowest BCUT2D eigenvalue weighted by atomic mass is 10.1. The molecule has 0 heterocycles. The summed E-state index contributed by atoms with van der Waals surface area (Å²) in [6.07, 6.45) is 0. The first kappa shape index (κ1) is 9.55. The standard InChI is InChI=1S/C9H12BrNO/c1-6-3-9(12)7(5-11-2)4-8(6)10/h3-4,11-12H,5H2,1-2H3. The van der Waals surface area contributed by atoms with Crippen LogP contribution in [0.25, 0.3) is 0 Å². The molecule has 1 aromatic carbocycles. The molecule has 0 saturated carbocycles. The molecule has 0 aromatic heterocycles. The van der Waals surface area contributed by atoms with Crippen LogP contribution in [0.15, 0.2) is 16.6 Å². The van der Waals surface area contributed by atoms with E-state index in [0.29, 0.717) is 12.3 Å². The monoisotopic (exact) mass is 229 g/mol. The van der Waals surface area contributed by atoms with Crippen LogP contribution in [-0.4, -0.2) is 12.2 Å². The lowest BCUT2D eigenvalue weighted by Gasteiger charge is -2.06. The molecule has 0 aliphatic heterocycles. The fourth-order valence-electron chi connectivity index (χ4n) is 1.04. The van der Waals surface area contributed by atoms with Crippen molar-refractivity contribution in [2.24, 2.45) is 0 Å². The van der Waals surface area contributed by atoms with Crippen LogP contribution in [0.2, 0.25) is 0 Å². The van der Waals surface area contributed by atoms with Crippen LogP contribution >= 0.6 is 15.9 Å². The van der Waals surface area contributed by atoms with Crippen LogP contribution < -0.4 is 5.32 Å². The number of aryl methyl sites for hydroxylation is 1. The number of hydrogen-bond donors (Lipinski definition) is 2. The van der Waals surface area contributed by atoms with Gasteiger partial charge in [-0.25, -0.2) is 0 Å². The fraction of sp³-hybridized carbons (Fsp3) is 0.333. The van der Waals surface area contributed by atoms with Crippen molar-refractivity contribution in [1.82, 2.24) is 5.32 Å². The van der Waals surface area contributed by atoms with Crippen molar-refractivity contribution in [1.29, 1.82) is 0 Å². The predicted molar refractivity (Wildman–Crippen MR) is 53.3 cm³/mol. The molecule has 0 aliphatic rings. The second kappa shape index (κ2) is 3.92. The molecule has 66 valence electrons. The van der Waals surface area contributed by atoms with E-state index < -0.39 is 0 Å². The zero-order valence-electron chi connectivity index (χ0n) is 7.19. The van der Waals surface area contributed by atoms with Gasteiger partial charge in [0.2, 0.25) is 0 Å². The second-order valence-electron chi connectivity index (χ2n) is 2.76. The lowest BCUT2D eigenvalue weighted by molar-refractivity contribution is 0.465. The Morgan fingerprint density at radius 1 is 1.50 bits per heavy atom. The molecule has 0 fully saturated rings. The first-order valence-corrected chi connectivity index (χ1v) is 4.57. The molecule has 1 rings (SSSR count). The van der Waals surface area contributed by atoms with E-state index in [0.717, 1.165) is 15.6 Å². The summed E-state index contributed by atoms with van der Waals surface area (Å²) in [5.41, 5.74) is 1.96. The summed E-state index contributed by atoms with van der Waals surface area (Å²) in [7, 11) is 1.85. The maximum absolute atomic E-state index is 9.49. The number of phenols is 1. The summed E-state index contributed by atoms with van der Waals surface area (Å²) in [5, 5.41) is 12.5. The van der Waals surface area contributed by atoms with Crippen molar-refractivity contribution < 1.29 is 5.11 Å². The van der Waals surface area contributed by atoms with Gasteiger partial charge in [0.15, 0.2) is 0 Å². The molecule has 0 unspecified atom stereocenters. The van der Waals surface area contributed by atoms with E-state index in [1.165, 1.54) is 0 Å². The number of halogens is 1. The third-order valence-electron chi connectivity index (χ3n) is 1.73. The molecule has 12 heavy (non-hydrogen) atoms. The highest BCUT2D eigenvalue weighted by Crippen LogP contribution is 2.25. The van der Waals surface area contributed by atoms with Gasteiger partial charge in [-0.2, -0.15) is 0 Å². The number of phenolic OH excluding ortho intramolecular Hbond substituents is 1. The maximum atomic E-state index is 9.49. The highest BCUT2D eigenvalue weighted by Gasteiger charge is 2.03. The third-order valence-corrected chi connectivity index (χ3v) is 2.58. The maximum Gasteiger partial charge on any atom is 0.120 e. The second-order valence-corrected chi connectivity index (χ2v) is 3.61. The molecule has 1 aromatic rings. The molecule has 0 radical (unpaired) electrons. The van der Waals surface area contributed by atoms with E-state index in [4.69, 9.17) is 0 Å². The number of aromatic hydroxyl groups is 1. The highest BCUT2D eigenvalue weighted by atomic mass is 79.9. The van der Waals surface area contributed by atoms with Gasteiger partial charge >= 0.3 is 0 Å². The van der Waals surface area contributed by atoms with E-state index in [1.54, 1.807) is 6.07 Å². The van der Waals surface area contributed by atoms with Crippen molar-refractivity contribution in [2.75, 3.05) is 7.05 Å². The summed E-state index contributed by atoms with van der Waals surface area (Å²) in [5.74, 6) is 0.352. The first-order valence-electron chi connectivity index (χ1n) is 3.77. The van der Waals surface area contributed by atoms with Crippen LogP contribution in [0.5, 0.6) is 5.75 Å². The molecule has 3 heteroatoms. The van der Waals surface area contributed by atoms with Crippen LogP contribution in [0.1, 0.15) is 11.1 Å². The first-order chi connectivity index (χ1) is 5.65. The minimum absolute atomic E-state index is 0.352. The van der Waals surface area contributed by atoms with Crippen molar-refractivity contribution in [2.45, 2.75) is 13.5 Å². The van der Waals surface area contributed by atoms with Gasteiger partial charge in [-0.3, -0.25) is 0 Å². The van der Waals surface area contributed by atoms with Crippen molar-refractivity contribution in [3.63, 3.8) is 0 Å². The number of hydrogen-bond acceptors (Lipinski definition) is 2. The van der Waals surface area contributed by atoms with E-state index in [9.17, 15) is 5.11 Å². The smallest absolute Gasteiger partial charge is 0.120 e. The topological polar surface area (TPSA) is 32.3 Å². The largest absolute Gasteiger partial charge is 0.508 e. The summed E-state index contributed by atoms with van der Waals surface area (Å²) in [4.78, 5) is 0. The zero-order valence-corrected chi connectivity index (χ0v) is 8.77. The SMILES string of the molecule is CNCc1cc(Br)c(C)cc1O. The van der Waals surface area contributed by atoms with Gasteiger partial charge in [0, 0.05) is 16.6 Å². The van der Waals surface area contributed by atoms with E-state index in [1.807, 2.05) is 20.0 Å². The van der Waals surface area contributed by atoms with Gasteiger partial charge in [0.25, 0.3) is 0 Å². The Kier molecular flexibility index (Phi) is 3.12. The molecule has 0 atom stereocenters. The van der Waals surface area contributed by atoms with Gasteiger partial charge in [-0.15, -0.1) is 0 Å². The van der Waals surface area contributed by atoms with Crippen molar-refractivity contribution in [3.8, 4) is 5.75 Å².